The number of rotatable bonds is 3. The molecule has 1 aliphatic carbocycles. The van der Waals surface area contributed by atoms with Crippen molar-refractivity contribution in [2.75, 3.05) is 6.61 Å². The highest BCUT2D eigenvalue weighted by atomic mass is 16.2. The third kappa shape index (κ3) is 2.07. The highest BCUT2D eigenvalue weighted by molar-refractivity contribution is 5.58. The van der Waals surface area contributed by atoms with E-state index in [1.807, 2.05) is 0 Å². The monoisotopic (exact) mass is 179 g/mol. The zero-order chi connectivity index (χ0) is 10.0. The van der Waals surface area contributed by atoms with Crippen LogP contribution in [0.3, 0.4) is 0 Å². The van der Waals surface area contributed by atoms with Gasteiger partial charge in [0.05, 0.1) is 0 Å². The van der Waals surface area contributed by atoms with E-state index >= 15 is 0 Å². The summed E-state index contributed by atoms with van der Waals surface area (Å²) in [5, 5.41) is 8.79. The normalized spacial score (nSPS) is 24.7. The highest BCUT2D eigenvalue weighted by Gasteiger charge is 2.42. The second kappa shape index (κ2) is 4.45. The maximum Gasteiger partial charge on any atom is 0.0431 e. The SMILES string of the molecule is C[C]1[C](C)[C](C)[C](CCCO)[C]1C. The van der Waals surface area contributed by atoms with Crippen LogP contribution in [0.1, 0.15) is 40.5 Å². The zero-order valence-corrected chi connectivity index (χ0v) is 9.07. The summed E-state index contributed by atoms with van der Waals surface area (Å²) in [6.07, 6.45) is 1.90. The van der Waals surface area contributed by atoms with Crippen molar-refractivity contribution >= 4 is 0 Å². The van der Waals surface area contributed by atoms with Crippen molar-refractivity contribution in [1.82, 2.24) is 0 Å². The average Bonchev–Trinajstić information content (AvgIpc) is 2.30. The molecule has 0 aliphatic heterocycles. The second-order valence-corrected chi connectivity index (χ2v) is 3.81. The van der Waals surface area contributed by atoms with Crippen molar-refractivity contribution in [2.45, 2.75) is 40.5 Å². The van der Waals surface area contributed by atoms with Gasteiger partial charge in [-0.05, 0) is 42.4 Å². The number of aliphatic hydroxyl groups is 1. The summed E-state index contributed by atoms with van der Waals surface area (Å²) >= 11 is 0. The number of hydrogen-bond acceptors (Lipinski definition) is 1. The summed E-state index contributed by atoms with van der Waals surface area (Å²) in [5.41, 5.74) is 0. The third-order valence-corrected chi connectivity index (χ3v) is 3.18. The Kier molecular flexibility index (Phi) is 3.78. The van der Waals surface area contributed by atoms with Crippen molar-refractivity contribution in [3.8, 4) is 0 Å². The Labute approximate surface area is 82.5 Å². The third-order valence-electron chi connectivity index (χ3n) is 3.18. The van der Waals surface area contributed by atoms with Gasteiger partial charge in [-0.1, -0.05) is 27.7 Å². The van der Waals surface area contributed by atoms with E-state index in [2.05, 4.69) is 27.7 Å². The van der Waals surface area contributed by atoms with Crippen LogP contribution in [0.5, 0.6) is 0 Å². The first-order valence-electron chi connectivity index (χ1n) is 4.92. The fraction of sp³-hybridized carbons (Fsp3) is 0.583. The smallest absolute Gasteiger partial charge is 0.0431 e. The van der Waals surface area contributed by atoms with Crippen LogP contribution in [0.4, 0.5) is 0 Å². The van der Waals surface area contributed by atoms with E-state index in [1.165, 1.54) is 29.6 Å². The summed E-state index contributed by atoms with van der Waals surface area (Å²) in [7, 11) is 0. The van der Waals surface area contributed by atoms with Gasteiger partial charge in [0, 0.05) is 6.61 Å². The second-order valence-electron chi connectivity index (χ2n) is 3.81. The van der Waals surface area contributed by atoms with Gasteiger partial charge in [0.15, 0.2) is 0 Å². The first kappa shape index (κ1) is 11.0. The lowest BCUT2D eigenvalue weighted by molar-refractivity contribution is 0.286. The molecule has 1 rings (SSSR count). The molecule has 0 amide bonds. The van der Waals surface area contributed by atoms with Crippen LogP contribution < -0.4 is 0 Å². The molecule has 73 valence electrons. The molecule has 0 aromatic heterocycles. The molecule has 13 heavy (non-hydrogen) atoms. The molecule has 0 heterocycles. The molecule has 1 nitrogen and oxygen atoms in total. The van der Waals surface area contributed by atoms with E-state index < -0.39 is 0 Å². The van der Waals surface area contributed by atoms with Crippen LogP contribution in [0.2, 0.25) is 0 Å². The Hall–Kier alpha value is -0.0400. The molecule has 0 aromatic rings. The van der Waals surface area contributed by atoms with Gasteiger partial charge in [-0.2, -0.15) is 0 Å². The molecule has 0 spiro atoms. The standard InChI is InChI=1S/C12H19O/c1-8-9(2)11(4)12(10(8)3)6-5-7-13/h13H,5-7H2,1-4H3. The molecular formula is C12H19O. The Morgan fingerprint density at radius 1 is 0.846 bits per heavy atom. The van der Waals surface area contributed by atoms with Crippen LogP contribution in [-0.4, -0.2) is 11.7 Å². The molecule has 0 unspecified atom stereocenters. The van der Waals surface area contributed by atoms with Crippen LogP contribution >= 0.6 is 0 Å². The minimum absolute atomic E-state index is 0.294. The summed E-state index contributed by atoms with van der Waals surface area (Å²) in [6.45, 7) is 9.02. The van der Waals surface area contributed by atoms with E-state index in [1.54, 1.807) is 0 Å². The number of hydrogen-bond donors (Lipinski definition) is 1. The Balaban J connectivity index is 2.53. The maximum atomic E-state index is 8.79. The summed E-state index contributed by atoms with van der Waals surface area (Å²) in [6, 6.07) is 0. The topological polar surface area (TPSA) is 20.2 Å². The molecule has 1 heteroatoms. The molecule has 1 aliphatic rings. The zero-order valence-electron chi connectivity index (χ0n) is 9.07. The van der Waals surface area contributed by atoms with Crippen molar-refractivity contribution in [1.29, 1.82) is 0 Å². The molecule has 0 aromatic carbocycles. The maximum absolute atomic E-state index is 8.79. The van der Waals surface area contributed by atoms with Gasteiger partial charge >= 0.3 is 0 Å². The Morgan fingerprint density at radius 2 is 1.31 bits per heavy atom. The largest absolute Gasteiger partial charge is 0.396 e. The fourth-order valence-electron chi connectivity index (χ4n) is 1.93. The molecule has 1 fully saturated rings. The minimum Gasteiger partial charge on any atom is -0.396 e. The molecule has 0 atom stereocenters. The van der Waals surface area contributed by atoms with Crippen molar-refractivity contribution < 1.29 is 5.11 Å². The van der Waals surface area contributed by atoms with Crippen molar-refractivity contribution in [3.05, 3.63) is 29.6 Å². The van der Waals surface area contributed by atoms with E-state index in [9.17, 15) is 0 Å². The van der Waals surface area contributed by atoms with E-state index in [4.69, 9.17) is 5.11 Å². The Morgan fingerprint density at radius 3 is 1.69 bits per heavy atom. The summed E-state index contributed by atoms with van der Waals surface area (Å²) in [5.74, 6) is 7.13. The van der Waals surface area contributed by atoms with Gasteiger partial charge in [-0.15, -0.1) is 0 Å². The first-order valence-corrected chi connectivity index (χ1v) is 4.92. The van der Waals surface area contributed by atoms with Gasteiger partial charge in [-0.25, -0.2) is 0 Å². The van der Waals surface area contributed by atoms with E-state index in [0.717, 1.165) is 12.8 Å². The lowest BCUT2D eigenvalue weighted by Gasteiger charge is -2.18. The predicted molar refractivity (Wildman–Crippen MR) is 55.2 cm³/mol. The molecule has 1 N–H and O–H groups in total. The summed E-state index contributed by atoms with van der Waals surface area (Å²) < 4.78 is 0. The van der Waals surface area contributed by atoms with E-state index in [-0.39, 0.29) is 0 Å². The first-order chi connectivity index (χ1) is 6.09. The van der Waals surface area contributed by atoms with Crippen molar-refractivity contribution in [3.63, 3.8) is 0 Å². The van der Waals surface area contributed by atoms with Crippen molar-refractivity contribution in [2.24, 2.45) is 0 Å². The number of aliphatic hydroxyl groups excluding tert-OH is 1. The molecular weight excluding hydrogens is 160 g/mol. The Bertz CT molecular complexity index is 141. The molecule has 5 radical (unpaired) electrons. The van der Waals surface area contributed by atoms with Crippen LogP contribution in [0.25, 0.3) is 0 Å². The minimum atomic E-state index is 0.294. The lowest BCUT2D eigenvalue weighted by Crippen LogP contribution is -2.07. The highest BCUT2D eigenvalue weighted by Crippen LogP contribution is 2.53. The lowest BCUT2D eigenvalue weighted by atomic mass is 9.86. The molecule has 0 saturated heterocycles. The van der Waals surface area contributed by atoms with Gasteiger partial charge in [-0.3, -0.25) is 0 Å². The quantitative estimate of drug-likeness (QED) is 0.706. The summed E-state index contributed by atoms with van der Waals surface area (Å²) in [4.78, 5) is 0. The van der Waals surface area contributed by atoms with Gasteiger partial charge in [0.25, 0.3) is 0 Å². The van der Waals surface area contributed by atoms with Crippen LogP contribution in [0.15, 0.2) is 0 Å². The average molecular weight is 179 g/mol. The van der Waals surface area contributed by atoms with Crippen LogP contribution in [0, 0.1) is 29.6 Å². The van der Waals surface area contributed by atoms with Crippen LogP contribution in [-0.2, 0) is 0 Å². The fourth-order valence-corrected chi connectivity index (χ4v) is 1.93. The predicted octanol–water partition coefficient (Wildman–Crippen LogP) is 2.72. The van der Waals surface area contributed by atoms with Gasteiger partial charge < -0.3 is 5.11 Å². The van der Waals surface area contributed by atoms with E-state index in [0.29, 0.717) is 6.61 Å². The molecule has 0 bridgehead atoms. The van der Waals surface area contributed by atoms with Gasteiger partial charge in [0.1, 0.15) is 0 Å². The molecule has 1 saturated carbocycles. The van der Waals surface area contributed by atoms with Gasteiger partial charge in [0.2, 0.25) is 0 Å².